The van der Waals surface area contributed by atoms with Gasteiger partial charge in [-0.25, -0.2) is 4.79 Å². The highest BCUT2D eigenvalue weighted by Crippen LogP contribution is 2.37. The molecule has 9 heteroatoms. The van der Waals surface area contributed by atoms with Crippen LogP contribution in [-0.4, -0.2) is 45.0 Å². The molecule has 1 aromatic rings. The van der Waals surface area contributed by atoms with Crippen molar-refractivity contribution in [3.63, 3.8) is 0 Å². The van der Waals surface area contributed by atoms with Gasteiger partial charge in [0.25, 0.3) is 5.91 Å². The lowest BCUT2D eigenvalue weighted by molar-refractivity contribution is -0.135. The minimum atomic E-state index is -0.819. The Balaban J connectivity index is 1.35. The van der Waals surface area contributed by atoms with Crippen molar-refractivity contribution in [1.29, 1.82) is 0 Å². The molecule has 2 aliphatic carbocycles. The first kappa shape index (κ1) is 19.3. The topological polar surface area (TPSA) is 104 Å². The Bertz CT molecular complexity index is 765. The average Bonchev–Trinajstić information content (AvgIpc) is 3.24. The standard InChI is InChI=1S/C19H27N5O3S/c1-12-7-9-19(10-8-12)16(26)24(18(27)21-19)11-14(25)20-17-23-22-15(28-17)13-5-3-2-4-6-13/h12-13H,2-11H2,1H3,(H,21,27)(H,20,23,25). The van der Waals surface area contributed by atoms with Gasteiger partial charge in [0.15, 0.2) is 0 Å². The number of hydrogen-bond acceptors (Lipinski definition) is 6. The summed E-state index contributed by atoms with van der Waals surface area (Å²) in [7, 11) is 0. The highest BCUT2D eigenvalue weighted by Gasteiger charge is 2.52. The van der Waals surface area contributed by atoms with Crippen LogP contribution in [0.4, 0.5) is 9.93 Å². The first-order valence-electron chi connectivity index (χ1n) is 10.2. The number of carbonyl (C=O) groups is 3. The van der Waals surface area contributed by atoms with Crippen LogP contribution < -0.4 is 10.6 Å². The molecule has 1 saturated heterocycles. The van der Waals surface area contributed by atoms with E-state index in [4.69, 9.17) is 0 Å². The van der Waals surface area contributed by atoms with Crippen LogP contribution in [0.25, 0.3) is 0 Å². The molecule has 3 fully saturated rings. The summed E-state index contributed by atoms with van der Waals surface area (Å²) in [5.41, 5.74) is -0.819. The molecule has 4 rings (SSSR count). The summed E-state index contributed by atoms with van der Waals surface area (Å²) in [6, 6.07) is -0.477. The number of anilines is 1. The maximum Gasteiger partial charge on any atom is 0.325 e. The molecule has 0 radical (unpaired) electrons. The van der Waals surface area contributed by atoms with Gasteiger partial charge >= 0.3 is 6.03 Å². The Morgan fingerprint density at radius 1 is 1.18 bits per heavy atom. The number of nitrogens with zero attached hydrogens (tertiary/aromatic N) is 3. The van der Waals surface area contributed by atoms with Gasteiger partial charge in [0, 0.05) is 5.92 Å². The summed E-state index contributed by atoms with van der Waals surface area (Å²) < 4.78 is 0. The lowest BCUT2D eigenvalue weighted by atomic mass is 9.77. The third-order valence-corrected chi connectivity index (χ3v) is 7.32. The second kappa shape index (κ2) is 7.77. The van der Waals surface area contributed by atoms with Crippen LogP contribution in [0.1, 0.15) is 75.6 Å². The van der Waals surface area contributed by atoms with Crippen molar-refractivity contribution in [3.05, 3.63) is 5.01 Å². The van der Waals surface area contributed by atoms with Crippen molar-refractivity contribution < 1.29 is 14.4 Å². The monoisotopic (exact) mass is 405 g/mol. The Morgan fingerprint density at radius 3 is 2.61 bits per heavy atom. The van der Waals surface area contributed by atoms with Gasteiger partial charge in [-0.2, -0.15) is 0 Å². The number of carbonyl (C=O) groups excluding carboxylic acids is 3. The summed E-state index contributed by atoms with van der Waals surface area (Å²) in [6.07, 6.45) is 9.00. The second-order valence-corrected chi connectivity index (χ2v) is 9.42. The fraction of sp³-hybridized carbons (Fsp3) is 0.737. The van der Waals surface area contributed by atoms with E-state index in [9.17, 15) is 14.4 Å². The minimum absolute atomic E-state index is 0.278. The molecular weight excluding hydrogens is 378 g/mol. The maximum atomic E-state index is 12.8. The van der Waals surface area contributed by atoms with Crippen molar-refractivity contribution in [2.24, 2.45) is 5.92 Å². The van der Waals surface area contributed by atoms with Crippen LogP contribution in [0.5, 0.6) is 0 Å². The second-order valence-electron chi connectivity index (χ2n) is 8.41. The van der Waals surface area contributed by atoms with Crippen molar-refractivity contribution in [1.82, 2.24) is 20.4 Å². The number of urea groups is 1. The van der Waals surface area contributed by atoms with E-state index in [2.05, 4.69) is 27.8 Å². The maximum absolute atomic E-state index is 12.8. The van der Waals surface area contributed by atoms with Crippen LogP contribution in [0.2, 0.25) is 0 Å². The molecule has 2 N–H and O–H groups in total. The summed E-state index contributed by atoms with van der Waals surface area (Å²) in [5.74, 6) is 0.288. The Kier molecular flexibility index (Phi) is 5.35. The molecule has 152 valence electrons. The molecule has 2 saturated carbocycles. The van der Waals surface area contributed by atoms with Gasteiger partial charge in [-0.05, 0) is 44.4 Å². The highest BCUT2D eigenvalue weighted by atomic mass is 32.1. The molecule has 1 spiro atoms. The summed E-state index contributed by atoms with van der Waals surface area (Å²) in [6.45, 7) is 1.86. The zero-order valence-corrected chi connectivity index (χ0v) is 17.0. The zero-order valence-electron chi connectivity index (χ0n) is 16.2. The average molecular weight is 406 g/mol. The number of imide groups is 1. The molecule has 4 amide bonds. The molecule has 8 nitrogen and oxygen atoms in total. The molecule has 3 aliphatic rings. The van der Waals surface area contributed by atoms with Gasteiger partial charge in [-0.3, -0.25) is 19.8 Å². The third-order valence-electron chi connectivity index (χ3n) is 6.32. The number of rotatable bonds is 4. The highest BCUT2D eigenvalue weighted by molar-refractivity contribution is 7.15. The predicted molar refractivity (Wildman–Crippen MR) is 105 cm³/mol. The van der Waals surface area contributed by atoms with E-state index in [0.29, 0.717) is 29.8 Å². The van der Waals surface area contributed by atoms with Gasteiger partial charge < -0.3 is 5.32 Å². The smallest absolute Gasteiger partial charge is 0.323 e. The van der Waals surface area contributed by atoms with Gasteiger partial charge in [-0.15, -0.1) is 10.2 Å². The number of hydrogen-bond donors (Lipinski definition) is 2. The van der Waals surface area contributed by atoms with E-state index in [1.807, 2.05) is 0 Å². The predicted octanol–water partition coefficient (Wildman–Crippen LogP) is 3.03. The van der Waals surface area contributed by atoms with E-state index >= 15 is 0 Å². The van der Waals surface area contributed by atoms with Crippen LogP contribution in [0.3, 0.4) is 0 Å². The Morgan fingerprint density at radius 2 is 1.89 bits per heavy atom. The molecule has 28 heavy (non-hydrogen) atoms. The molecule has 0 unspecified atom stereocenters. The first-order chi connectivity index (χ1) is 13.5. The molecule has 0 bridgehead atoms. The summed E-state index contributed by atoms with van der Waals surface area (Å²) in [5, 5.41) is 15.2. The number of aromatic nitrogens is 2. The fourth-order valence-corrected chi connectivity index (χ4v) is 5.44. The normalized spacial score (nSPS) is 28.6. The van der Waals surface area contributed by atoms with E-state index in [1.165, 1.54) is 30.6 Å². The molecule has 2 heterocycles. The largest absolute Gasteiger partial charge is 0.325 e. The van der Waals surface area contributed by atoms with Crippen molar-refractivity contribution in [2.75, 3.05) is 11.9 Å². The molecular formula is C19H27N5O3S. The fourth-order valence-electron chi connectivity index (χ4n) is 4.52. The SMILES string of the molecule is CC1CCC2(CC1)NC(=O)N(CC(=O)Nc1nnc(C3CCCCC3)s1)C2=O. The lowest BCUT2D eigenvalue weighted by Gasteiger charge is -2.33. The van der Waals surface area contributed by atoms with Gasteiger partial charge in [0.1, 0.15) is 17.1 Å². The van der Waals surface area contributed by atoms with Crippen molar-refractivity contribution in [3.8, 4) is 0 Å². The zero-order chi connectivity index (χ0) is 19.7. The quantitative estimate of drug-likeness (QED) is 0.749. The van der Waals surface area contributed by atoms with Gasteiger partial charge in [-0.1, -0.05) is 37.5 Å². The number of nitrogens with one attached hydrogen (secondary N) is 2. The van der Waals surface area contributed by atoms with Gasteiger partial charge in [0.2, 0.25) is 11.0 Å². The van der Waals surface area contributed by atoms with E-state index in [1.54, 1.807) is 0 Å². The van der Waals surface area contributed by atoms with E-state index in [0.717, 1.165) is 35.6 Å². The van der Waals surface area contributed by atoms with Gasteiger partial charge in [0.05, 0.1) is 0 Å². The van der Waals surface area contributed by atoms with Crippen LogP contribution in [0, 0.1) is 5.92 Å². The van der Waals surface area contributed by atoms with Crippen LogP contribution in [0.15, 0.2) is 0 Å². The molecule has 0 atom stereocenters. The third kappa shape index (κ3) is 3.76. The van der Waals surface area contributed by atoms with Crippen LogP contribution >= 0.6 is 11.3 Å². The van der Waals surface area contributed by atoms with E-state index in [-0.39, 0.29) is 12.5 Å². The van der Waals surface area contributed by atoms with Crippen molar-refractivity contribution >= 4 is 34.3 Å². The van der Waals surface area contributed by atoms with Crippen molar-refractivity contribution in [2.45, 2.75) is 76.2 Å². The van der Waals surface area contributed by atoms with Crippen LogP contribution in [-0.2, 0) is 9.59 Å². The molecule has 1 aromatic heterocycles. The number of amides is 4. The molecule has 0 aromatic carbocycles. The molecule has 1 aliphatic heterocycles. The van der Waals surface area contributed by atoms with E-state index < -0.39 is 17.5 Å². The summed E-state index contributed by atoms with van der Waals surface area (Å²) >= 11 is 1.39. The first-order valence-corrected chi connectivity index (χ1v) is 11.1. The Labute approximate surface area is 168 Å². The minimum Gasteiger partial charge on any atom is -0.323 e. The lowest BCUT2D eigenvalue weighted by Crippen LogP contribution is -2.49. The Hall–Kier alpha value is -2.03. The summed E-state index contributed by atoms with van der Waals surface area (Å²) in [4.78, 5) is 38.6.